The molecule has 0 atom stereocenters. The van der Waals surface area contributed by atoms with Gasteiger partial charge < -0.3 is 10.4 Å². The molecule has 4 rings (SSSR count). The van der Waals surface area contributed by atoms with Gasteiger partial charge in [-0.1, -0.05) is 36.4 Å². The van der Waals surface area contributed by atoms with Crippen LogP contribution < -0.4 is 5.32 Å². The minimum Gasteiger partial charge on any atom is -0.504 e. The Morgan fingerprint density at radius 1 is 1.13 bits per heavy atom. The number of amides is 1. The first-order valence-electron chi connectivity index (χ1n) is 7.40. The molecule has 0 saturated heterocycles. The molecule has 1 aromatic heterocycles. The molecule has 4 heteroatoms. The summed E-state index contributed by atoms with van der Waals surface area (Å²) in [6, 6.07) is 13.0. The van der Waals surface area contributed by atoms with Crippen LogP contribution in [-0.4, -0.2) is 16.0 Å². The van der Waals surface area contributed by atoms with Crippen LogP contribution in [0.3, 0.4) is 0 Å². The summed E-state index contributed by atoms with van der Waals surface area (Å²) in [5.74, 6) is -0.165. The summed E-state index contributed by atoms with van der Waals surface area (Å²) in [5, 5.41) is 14.7. The van der Waals surface area contributed by atoms with Crippen molar-refractivity contribution < 1.29 is 9.90 Å². The first-order valence-corrected chi connectivity index (χ1v) is 7.40. The lowest BCUT2D eigenvalue weighted by atomic mass is 9.90. The van der Waals surface area contributed by atoms with E-state index in [1.165, 1.54) is 17.8 Å². The van der Waals surface area contributed by atoms with Crippen LogP contribution in [0.15, 0.2) is 54.7 Å². The molecular weight excluding hydrogens is 288 g/mol. The van der Waals surface area contributed by atoms with Gasteiger partial charge in [-0.2, -0.15) is 0 Å². The number of anilines is 1. The van der Waals surface area contributed by atoms with Gasteiger partial charge in [0.25, 0.3) is 5.91 Å². The van der Waals surface area contributed by atoms with Crippen LogP contribution in [0.4, 0.5) is 5.82 Å². The minimum atomic E-state index is -0.280. The molecule has 0 spiro atoms. The van der Waals surface area contributed by atoms with Crippen LogP contribution in [0.1, 0.15) is 21.5 Å². The average molecular weight is 302 g/mol. The first-order chi connectivity index (χ1) is 11.2. The van der Waals surface area contributed by atoms with Crippen molar-refractivity contribution in [3.05, 3.63) is 71.4 Å². The minimum absolute atomic E-state index is 0.0495. The highest BCUT2D eigenvalue weighted by atomic mass is 16.3. The summed E-state index contributed by atoms with van der Waals surface area (Å²) in [4.78, 5) is 16.6. The van der Waals surface area contributed by atoms with E-state index < -0.39 is 0 Å². The summed E-state index contributed by atoms with van der Waals surface area (Å²) in [5.41, 5.74) is 2.71. The normalized spacial score (nSPS) is 12.3. The first kappa shape index (κ1) is 13.5. The molecule has 0 fully saturated rings. The number of aromatic nitrogens is 1. The Hall–Kier alpha value is -3.14. The number of carbonyl (C=O) groups is 1. The fraction of sp³-hybridized carbons (Fsp3) is 0.0526. The second-order valence-electron chi connectivity index (χ2n) is 5.47. The van der Waals surface area contributed by atoms with Gasteiger partial charge in [0.1, 0.15) is 0 Å². The third kappa shape index (κ3) is 2.25. The number of hydrogen-bond acceptors (Lipinski definition) is 3. The van der Waals surface area contributed by atoms with Crippen molar-refractivity contribution in [2.45, 2.75) is 6.42 Å². The molecule has 0 radical (unpaired) electrons. The third-order valence-corrected chi connectivity index (χ3v) is 4.06. The molecule has 2 N–H and O–H groups in total. The molecule has 2 aromatic carbocycles. The number of nitrogens with one attached hydrogen (secondary N) is 1. The number of hydrogen-bond donors (Lipinski definition) is 2. The maximum atomic E-state index is 12.6. The molecule has 0 unspecified atom stereocenters. The number of allylic oxidation sites excluding steroid dienone is 1. The molecule has 0 aliphatic heterocycles. The lowest BCUT2D eigenvalue weighted by Gasteiger charge is -2.16. The predicted octanol–water partition coefficient (Wildman–Crippen LogP) is 3.76. The van der Waals surface area contributed by atoms with E-state index in [0.29, 0.717) is 5.56 Å². The quantitative estimate of drug-likeness (QED) is 0.757. The monoisotopic (exact) mass is 302 g/mol. The van der Waals surface area contributed by atoms with Crippen LogP contribution in [-0.2, 0) is 6.42 Å². The van der Waals surface area contributed by atoms with E-state index in [2.05, 4.69) is 22.4 Å². The Bertz CT molecular complexity index is 961. The Morgan fingerprint density at radius 2 is 2.04 bits per heavy atom. The number of rotatable bonds is 2. The predicted molar refractivity (Wildman–Crippen MR) is 90.5 cm³/mol. The Labute approximate surface area is 133 Å². The van der Waals surface area contributed by atoms with E-state index in [1.807, 2.05) is 30.3 Å². The zero-order valence-corrected chi connectivity index (χ0v) is 12.3. The average Bonchev–Trinajstić information content (AvgIpc) is 2.58. The van der Waals surface area contributed by atoms with Gasteiger partial charge in [0.15, 0.2) is 11.6 Å². The van der Waals surface area contributed by atoms with Crippen molar-refractivity contribution in [3.8, 4) is 5.75 Å². The number of aromatic hydroxyl groups is 1. The third-order valence-electron chi connectivity index (χ3n) is 4.06. The number of pyridine rings is 1. The van der Waals surface area contributed by atoms with Crippen LogP contribution in [0, 0.1) is 0 Å². The molecule has 4 nitrogen and oxygen atoms in total. The maximum Gasteiger partial charge on any atom is 0.257 e. The molecule has 1 aliphatic rings. The number of carbonyl (C=O) groups excluding carboxylic acids is 1. The molecule has 1 amide bonds. The SMILES string of the molecule is O=C(Nc1ncccc1O)c1ccc2cccc3c2c1C=CC3. The van der Waals surface area contributed by atoms with E-state index in [-0.39, 0.29) is 17.5 Å². The Balaban J connectivity index is 1.81. The fourth-order valence-corrected chi connectivity index (χ4v) is 3.00. The number of nitrogens with zero attached hydrogens (tertiary/aromatic N) is 1. The zero-order valence-electron chi connectivity index (χ0n) is 12.3. The van der Waals surface area contributed by atoms with E-state index in [4.69, 9.17) is 0 Å². The summed E-state index contributed by atoms with van der Waals surface area (Å²) < 4.78 is 0. The van der Waals surface area contributed by atoms with Gasteiger partial charge in [-0.3, -0.25) is 4.79 Å². The van der Waals surface area contributed by atoms with E-state index in [1.54, 1.807) is 6.07 Å². The van der Waals surface area contributed by atoms with E-state index in [9.17, 15) is 9.90 Å². The van der Waals surface area contributed by atoms with E-state index in [0.717, 1.165) is 22.8 Å². The molecule has 3 aromatic rings. The van der Waals surface area contributed by atoms with Crippen molar-refractivity contribution in [1.82, 2.24) is 4.98 Å². The number of benzene rings is 2. The lowest BCUT2D eigenvalue weighted by Crippen LogP contribution is -2.15. The molecular formula is C19H14N2O2. The fourth-order valence-electron chi connectivity index (χ4n) is 3.00. The zero-order chi connectivity index (χ0) is 15.8. The summed E-state index contributed by atoms with van der Waals surface area (Å²) in [6.45, 7) is 0. The smallest absolute Gasteiger partial charge is 0.257 e. The maximum absolute atomic E-state index is 12.6. The van der Waals surface area contributed by atoms with Gasteiger partial charge in [0, 0.05) is 11.8 Å². The van der Waals surface area contributed by atoms with Gasteiger partial charge >= 0.3 is 0 Å². The van der Waals surface area contributed by atoms with Crippen molar-refractivity contribution in [1.29, 1.82) is 0 Å². The van der Waals surface area contributed by atoms with Gasteiger partial charge in [-0.05, 0) is 46.5 Å². The Kier molecular flexibility index (Phi) is 3.08. The summed E-state index contributed by atoms with van der Waals surface area (Å²) in [7, 11) is 0. The Morgan fingerprint density at radius 3 is 2.91 bits per heavy atom. The highest BCUT2D eigenvalue weighted by molar-refractivity contribution is 6.11. The van der Waals surface area contributed by atoms with Crippen molar-refractivity contribution in [2.75, 3.05) is 5.32 Å². The van der Waals surface area contributed by atoms with Gasteiger partial charge in [0.05, 0.1) is 0 Å². The summed E-state index contributed by atoms with van der Waals surface area (Å²) in [6.07, 6.45) is 6.45. The van der Waals surface area contributed by atoms with Crippen LogP contribution in [0.25, 0.3) is 16.8 Å². The van der Waals surface area contributed by atoms with Crippen LogP contribution in [0.5, 0.6) is 5.75 Å². The van der Waals surface area contributed by atoms with Crippen molar-refractivity contribution in [2.24, 2.45) is 0 Å². The largest absolute Gasteiger partial charge is 0.504 e. The molecule has 112 valence electrons. The van der Waals surface area contributed by atoms with Crippen molar-refractivity contribution in [3.63, 3.8) is 0 Å². The van der Waals surface area contributed by atoms with Crippen LogP contribution >= 0.6 is 0 Å². The molecule has 0 bridgehead atoms. The topological polar surface area (TPSA) is 62.2 Å². The summed E-state index contributed by atoms with van der Waals surface area (Å²) >= 11 is 0. The molecule has 0 saturated carbocycles. The van der Waals surface area contributed by atoms with Gasteiger partial charge in [0.2, 0.25) is 0 Å². The van der Waals surface area contributed by atoms with Gasteiger partial charge in [-0.25, -0.2) is 4.98 Å². The second kappa shape index (κ2) is 5.25. The standard InChI is InChI=1S/C19H14N2O2/c22-16-8-3-11-20-18(16)21-19(23)15-10-9-13-5-1-4-12-6-2-7-14(15)17(12)13/h1-5,7-11,22H,6H2,(H,20,21,23). The van der Waals surface area contributed by atoms with Crippen molar-refractivity contribution >= 4 is 28.6 Å². The highest BCUT2D eigenvalue weighted by Gasteiger charge is 2.17. The molecule has 1 aliphatic carbocycles. The molecule has 1 heterocycles. The lowest BCUT2D eigenvalue weighted by molar-refractivity contribution is 0.102. The van der Waals surface area contributed by atoms with E-state index >= 15 is 0 Å². The molecule has 23 heavy (non-hydrogen) atoms. The van der Waals surface area contributed by atoms with Gasteiger partial charge in [-0.15, -0.1) is 0 Å². The van der Waals surface area contributed by atoms with Crippen LogP contribution in [0.2, 0.25) is 0 Å². The highest BCUT2D eigenvalue weighted by Crippen LogP contribution is 2.31. The second-order valence-corrected chi connectivity index (χ2v) is 5.47.